The minimum atomic E-state index is -4.01. The molecule has 4 rings (SSSR count). The van der Waals surface area contributed by atoms with Gasteiger partial charge in [0.15, 0.2) is 0 Å². The molecule has 0 aromatic heterocycles. The van der Waals surface area contributed by atoms with Gasteiger partial charge in [0.25, 0.3) is 0 Å². The molecule has 6 nitrogen and oxygen atoms in total. The maximum atomic E-state index is 14.4. The fourth-order valence-corrected chi connectivity index (χ4v) is 5.62. The van der Waals surface area contributed by atoms with Crippen molar-refractivity contribution >= 4 is 21.4 Å². The van der Waals surface area contributed by atoms with Gasteiger partial charge >= 0.3 is 0 Å². The summed E-state index contributed by atoms with van der Waals surface area (Å²) in [6, 6.07) is 8.09. The standard InChI is InChI=1S/C22H24FNO5S/c1-14-13-22(26,7-8-29-14)16-10-17(23)12-19(11-16)30(27,28)18-4-5-20-15(9-18)3-6-21(25)24(20)2/h4-5,9-12,14,26H,3,6-8,13H2,1-2H3. The number of aliphatic hydroxyl groups is 1. The van der Waals surface area contributed by atoms with Crippen LogP contribution in [0.15, 0.2) is 46.2 Å². The van der Waals surface area contributed by atoms with Gasteiger partial charge in [0, 0.05) is 32.0 Å². The average molecular weight is 434 g/mol. The number of amides is 1. The zero-order valence-electron chi connectivity index (χ0n) is 16.9. The van der Waals surface area contributed by atoms with Gasteiger partial charge in [-0.2, -0.15) is 0 Å². The lowest BCUT2D eigenvalue weighted by Gasteiger charge is -2.36. The van der Waals surface area contributed by atoms with E-state index in [-0.39, 0.29) is 40.2 Å². The summed E-state index contributed by atoms with van der Waals surface area (Å²) >= 11 is 0. The molecule has 0 aliphatic carbocycles. The summed E-state index contributed by atoms with van der Waals surface area (Å²) in [6.45, 7) is 2.13. The third-order valence-electron chi connectivity index (χ3n) is 5.97. The van der Waals surface area contributed by atoms with Crippen LogP contribution >= 0.6 is 0 Å². The van der Waals surface area contributed by atoms with Crippen LogP contribution in [-0.4, -0.2) is 39.2 Å². The van der Waals surface area contributed by atoms with Crippen LogP contribution in [0.3, 0.4) is 0 Å². The molecule has 1 N–H and O–H groups in total. The fraction of sp³-hybridized carbons (Fsp3) is 0.409. The van der Waals surface area contributed by atoms with Crippen molar-refractivity contribution in [1.29, 1.82) is 0 Å². The Morgan fingerprint density at radius 1 is 1.17 bits per heavy atom. The van der Waals surface area contributed by atoms with Crippen molar-refractivity contribution in [1.82, 2.24) is 0 Å². The molecule has 0 saturated carbocycles. The van der Waals surface area contributed by atoms with Crippen molar-refractivity contribution < 1.29 is 27.4 Å². The molecule has 1 saturated heterocycles. The second kappa shape index (κ2) is 7.44. The van der Waals surface area contributed by atoms with Gasteiger partial charge in [-0.05, 0) is 60.9 Å². The molecule has 30 heavy (non-hydrogen) atoms. The van der Waals surface area contributed by atoms with Gasteiger partial charge in [0.05, 0.1) is 28.1 Å². The number of halogens is 1. The molecule has 0 bridgehead atoms. The quantitative estimate of drug-likeness (QED) is 0.805. The van der Waals surface area contributed by atoms with E-state index in [0.717, 1.165) is 11.6 Å². The number of benzene rings is 2. The predicted octanol–water partition coefficient (Wildman–Crippen LogP) is 2.95. The summed E-state index contributed by atoms with van der Waals surface area (Å²) in [5.41, 5.74) is 0.324. The number of nitrogens with zero attached hydrogens (tertiary/aromatic N) is 1. The predicted molar refractivity (Wildman–Crippen MR) is 109 cm³/mol. The highest BCUT2D eigenvalue weighted by Gasteiger charge is 2.36. The average Bonchev–Trinajstić information content (AvgIpc) is 2.70. The largest absolute Gasteiger partial charge is 0.385 e. The monoisotopic (exact) mass is 433 g/mol. The number of anilines is 1. The van der Waals surface area contributed by atoms with Crippen molar-refractivity contribution in [2.45, 2.75) is 54.1 Å². The zero-order chi connectivity index (χ0) is 21.7. The Balaban J connectivity index is 1.75. The second-order valence-corrected chi connectivity index (χ2v) is 10.0. The second-order valence-electron chi connectivity index (χ2n) is 8.09. The summed E-state index contributed by atoms with van der Waals surface area (Å²) < 4.78 is 46.4. The molecule has 2 unspecified atom stereocenters. The van der Waals surface area contributed by atoms with E-state index in [9.17, 15) is 22.7 Å². The summed E-state index contributed by atoms with van der Waals surface area (Å²) in [7, 11) is -2.36. The third kappa shape index (κ3) is 3.64. The van der Waals surface area contributed by atoms with Crippen LogP contribution in [0.4, 0.5) is 10.1 Å². The number of aryl methyl sites for hydroxylation is 1. The summed E-state index contributed by atoms with van der Waals surface area (Å²) in [5.74, 6) is -0.742. The SMILES string of the molecule is CC1CC(O)(c2cc(F)cc(S(=O)(=O)c3ccc4c(c3)CCC(=O)N4C)c2)CCO1. The number of hydrogen-bond acceptors (Lipinski definition) is 5. The van der Waals surface area contributed by atoms with E-state index in [1.54, 1.807) is 19.2 Å². The van der Waals surface area contributed by atoms with Crippen molar-refractivity contribution in [2.75, 3.05) is 18.6 Å². The lowest BCUT2D eigenvalue weighted by atomic mass is 9.84. The van der Waals surface area contributed by atoms with E-state index in [1.165, 1.54) is 23.1 Å². The molecule has 8 heteroatoms. The Hall–Kier alpha value is -2.29. The van der Waals surface area contributed by atoms with Gasteiger partial charge in [-0.15, -0.1) is 0 Å². The van der Waals surface area contributed by atoms with E-state index in [2.05, 4.69) is 0 Å². The molecule has 2 aliphatic heterocycles. The Morgan fingerprint density at radius 3 is 2.67 bits per heavy atom. The van der Waals surface area contributed by atoms with Crippen LogP contribution in [0.25, 0.3) is 0 Å². The number of rotatable bonds is 3. The zero-order valence-corrected chi connectivity index (χ0v) is 17.7. The highest BCUT2D eigenvalue weighted by Crippen LogP contribution is 2.37. The fourth-order valence-electron chi connectivity index (χ4n) is 4.25. The lowest BCUT2D eigenvalue weighted by Crippen LogP contribution is -2.37. The minimum absolute atomic E-state index is 0.0215. The maximum Gasteiger partial charge on any atom is 0.227 e. The Labute approximate surface area is 175 Å². The first-order chi connectivity index (χ1) is 14.1. The topological polar surface area (TPSA) is 83.9 Å². The normalized spacial score (nSPS) is 24.6. The lowest BCUT2D eigenvalue weighted by molar-refractivity contribution is -0.118. The first-order valence-electron chi connectivity index (χ1n) is 9.90. The molecular formula is C22H24FNO5S. The summed E-state index contributed by atoms with van der Waals surface area (Å²) in [4.78, 5) is 13.2. The molecule has 1 fully saturated rings. The molecule has 160 valence electrons. The summed E-state index contributed by atoms with van der Waals surface area (Å²) in [5, 5.41) is 11.0. The molecular weight excluding hydrogens is 409 g/mol. The van der Waals surface area contributed by atoms with E-state index in [1.807, 2.05) is 6.92 Å². The van der Waals surface area contributed by atoms with Crippen molar-refractivity contribution in [3.63, 3.8) is 0 Å². The van der Waals surface area contributed by atoms with E-state index in [4.69, 9.17) is 4.74 Å². The van der Waals surface area contributed by atoms with Gasteiger partial charge in [-0.1, -0.05) is 0 Å². The molecule has 0 spiro atoms. The molecule has 2 heterocycles. The molecule has 2 aromatic carbocycles. The van der Waals surface area contributed by atoms with Gasteiger partial charge < -0.3 is 14.7 Å². The maximum absolute atomic E-state index is 14.4. The minimum Gasteiger partial charge on any atom is -0.385 e. The highest BCUT2D eigenvalue weighted by molar-refractivity contribution is 7.91. The van der Waals surface area contributed by atoms with Crippen LogP contribution in [-0.2, 0) is 31.4 Å². The first kappa shape index (κ1) is 21.0. The van der Waals surface area contributed by atoms with Crippen molar-refractivity contribution in [3.05, 3.63) is 53.3 Å². The number of fused-ring (bicyclic) bond motifs is 1. The Bertz CT molecular complexity index is 1120. The first-order valence-corrected chi connectivity index (χ1v) is 11.4. The van der Waals surface area contributed by atoms with Gasteiger partial charge in [0.1, 0.15) is 5.82 Å². The number of hydrogen-bond donors (Lipinski definition) is 1. The van der Waals surface area contributed by atoms with E-state index in [0.29, 0.717) is 25.1 Å². The smallest absolute Gasteiger partial charge is 0.227 e. The van der Waals surface area contributed by atoms with Crippen LogP contribution in [0, 0.1) is 5.82 Å². The third-order valence-corrected chi connectivity index (χ3v) is 7.70. The number of carbonyl (C=O) groups is 1. The van der Waals surface area contributed by atoms with Crippen molar-refractivity contribution in [2.24, 2.45) is 0 Å². The highest BCUT2D eigenvalue weighted by atomic mass is 32.2. The van der Waals surface area contributed by atoms with Crippen LogP contribution in [0.5, 0.6) is 0 Å². The Kier molecular flexibility index (Phi) is 5.20. The Morgan fingerprint density at radius 2 is 1.93 bits per heavy atom. The summed E-state index contributed by atoms with van der Waals surface area (Å²) in [6.07, 6.45) is 1.07. The number of carbonyl (C=O) groups excluding carboxylic acids is 1. The number of sulfone groups is 1. The molecule has 2 aromatic rings. The van der Waals surface area contributed by atoms with E-state index < -0.39 is 21.3 Å². The van der Waals surface area contributed by atoms with E-state index >= 15 is 0 Å². The molecule has 2 aliphatic rings. The molecule has 2 atom stereocenters. The van der Waals surface area contributed by atoms with Crippen LogP contribution in [0.2, 0.25) is 0 Å². The number of ether oxygens (including phenoxy) is 1. The van der Waals surface area contributed by atoms with Gasteiger partial charge in [-0.25, -0.2) is 12.8 Å². The van der Waals surface area contributed by atoms with Crippen molar-refractivity contribution in [3.8, 4) is 0 Å². The molecule has 1 amide bonds. The van der Waals surface area contributed by atoms with Gasteiger partial charge in [0.2, 0.25) is 15.7 Å². The van der Waals surface area contributed by atoms with Crippen LogP contribution < -0.4 is 4.90 Å². The molecule has 0 radical (unpaired) electrons. The van der Waals surface area contributed by atoms with Crippen LogP contribution in [0.1, 0.15) is 37.3 Å². The van der Waals surface area contributed by atoms with Gasteiger partial charge in [-0.3, -0.25) is 4.79 Å².